The molecule has 0 bridgehead atoms. The van der Waals surface area contributed by atoms with E-state index >= 15 is 0 Å². The number of hydrogen-bond acceptors (Lipinski definition) is 1. The Morgan fingerprint density at radius 3 is 2.00 bits per heavy atom. The average molecular weight is 285 g/mol. The zero-order chi connectivity index (χ0) is 14.1. The van der Waals surface area contributed by atoms with E-state index in [9.17, 15) is 0 Å². The lowest BCUT2D eigenvalue weighted by molar-refractivity contribution is 0.182. The van der Waals surface area contributed by atoms with Crippen LogP contribution < -0.4 is 0 Å². The third-order valence-corrected chi connectivity index (χ3v) is 6.22. The molecule has 0 aromatic rings. The average Bonchev–Trinajstić information content (AvgIpc) is 2.37. The van der Waals surface area contributed by atoms with Gasteiger partial charge in [0.1, 0.15) is 0 Å². The molecule has 0 amide bonds. The zero-order valence-electron chi connectivity index (χ0n) is 13.8. The summed E-state index contributed by atoms with van der Waals surface area (Å²) in [7, 11) is 0. The van der Waals surface area contributed by atoms with Gasteiger partial charge in [0.25, 0.3) is 0 Å². The molecular formula is C18H36S. The maximum atomic E-state index is 2.42. The number of hydrogen-bond donors (Lipinski definition) is 0. The van der Waals surface area contributed by atoms with Gasteiger partial charge in [-0.05, 0) is 49.2 Å². The van der Waals surface area contributed by atoms with Crippen LogP contribution in [0.3, 0.4) is 0 Å². The van der Waals surface area contributed by atoms with Crippen LogP contribution in [0.25, 0.3) is 0 Å². The molecule has 0 N–H and O–H groups in total. The summed E-state index contributed by atoms with van der Waals surface area (Å²) in [5.41, 5.74) is 0.537. The molecule has 1 saturated carbocycles. The first kappa shape index (κ1) is 17.4. The van der Waals surface area contributed by atoms with Crippen molar-refractivity contribution < 1.29 is 0 Å². The van der Waals surface area contributed by atoms with Gasteiger partial charge in [-0.15, -0.1) is 0 Å². The van der Waals surface area contributed by atoms with Gasteiger partial charge in [0, 0.05) is 5.25 Å². The zero-order valence-corrected chi connectivity index (χ0v) is 14.7. The molecule has 0 saturated heterocycles. The second-order valence-electron chi connectivity index (χ2n) is 7.48. The van der Waals surface area contributed by atoms with Crippen molar-refractivity contribution in [1.82, 2.24) is 0 Å². The SMILES string of the molecule is CCCCCCCCSC1CCC(C(C)(C)C)CC1. The summed E-state index contributed by atoms with van der Waals surface area (Å²) in [6, 6.07) is 0. The van der Waals surface area contributed by atoms with Crippen molar-refractivity contribution in [2.75, 3.05) is 5.75 Å². The van der Waals surface area contributed by atoms with Gasteiger partial charge in [-0.3, -0.25) is 0 Å². The van der Waals surface area contributed by atoms with Crippen molar-refractivity contribution in [2.45, 2.75) is 97.2 Å². The minimum atomic E-state index is 0.537. The predicted molar refractivity (Wildman–Crippen MR) is 91.0 cm³/mol. The molecular weight excluding hydrogens is 248 g/mol. The minimum Gasteiger partial charge on any atom is -0.159 e. The Morgan fingerprint density at radius 1 is 0.842 bits per heavy atom. The maximum Gasteiger partial charge on any atom is 0.00472 e. The number of rotatable bonds is 8. The molecule has 0 radical (unpaired) electrons. The summed E-state index contributed by atoms with van der Waals surface area (Å²) < 4.78 is 0. The van der Waals surface area contributed by atoms with Gasteiger partial charge < -0.3 is 0 Å². The van der Waals surface area contributed by atoms with Gasteiger partial charge in [0.05, 0.1) is 0 Å². The highest BCUT2D eigenvalue weighted by Crippen LogP contribution is 2.40. The molecule has 1 rings (SSSR count). The Balaban J connectivity index is 1.98. The molecule has 1 heteroatoms. The molecule has 1 fully saturated rings. The van der Waals surface area contributed by atoms with Crippen molar-refractivity contribution in [2.24, 2.45) is 11.3 Å². The van der Waals surface area contributed by atoms with E-state index in [0.29, 0.717) is 5.41 Å². The van der Waals surface area contributed by atoms with Crippen molar-refractivity contribution >= 4 is 11.8 Å². The summed E-state index contributed by atoms with van der Waals surface area (Å²) in [6.45, 7) is 9.55. The molecule has 0 aromatic carbocycles. The molecule has 0 unspecified atom stereocenters. The van der Waals surface area contributed by atoms with Crippen LogP contribution in [0.2, 0.25) is 0 Å². The van der Waals surface area contributed by atoms with Gasteiger partial charge >= 0.3 is 0 Å². The Bertz CT molecular complexity index is 208. The molecule has 0 nitrogen and oxygen atoms in total. The van der Waals surface area contributed by atoms with E-state index in [-0.39, 0.29) is 0 Å². The summed E-state index contributed by atoms with van der Waals surface area (Å²) in [5.74, 6) is 2.38. The highest BCUT2D eigenvalue weighted by Gasteiger charge is 2.29. The van der Waals surface area contributed by atoms with E-state index in [2.05, 4.69) is 39.5 Å². The van der Waals surface area contributed by atoms with E-state index in [1.165, 1.54) is 70.0 Å². The molecule has 19 heavy (non-hydrogen) atoms. The highest BCUT2D eigenvalue weighted by molar-refractivity contribution is 7.99. The fourth-order valence-corrected chi connectivity index (χ4v) is 4.54. The third-order valence-electron chi connectivity index (χ3n) is 4.75. The van der Waals surface area contributed by atoms with Crippen LogP contribution in [0.1, 0.15) is 91.9 Å². The van der Waals surface area contributed by atoms with Crippen molar-refractivity contribution in [1.29, 1.82) is 0 Å². The Morgan fingerprint density at radius 2 is 1.42 bits per heavy atom. The lowest BCUT2D eigenvalue weighted by Gasteiger charge is -2.36. The first-order valence-electron chi connectivity index (χ1n) is 8.65. The second-order valence-corrected chi connectivity index (χ2v) is 8.89. The smallest absolute Gasteiger partial charge is 0.00472 e. The van der Waals surface area contributed by atoms with Gasteiger partial charge in [-0.2, -0.15) is 11.8 Å². The van der Waals surface area contributed by atoms with Gasteiger partial charge in [0.15, 0.2) is 0 Å². The van der Waals surface area contributed by atoms with Crippen LogP contribution in [0.4, 0.5) is 0 Å². The Kier molecular flexibility index (Phi) is 8.53. The van der Waals surface area contributed by atoms with Crippen LogP contribution in [0.15, 0.2) is 0 Å². The molecule has 114 valence electrons. The van der Waals surface area contributed by atoms with Crippen molar-refractivity contribution in [3.05, 3.63) is 0 Å². The van der Waals surface area contributed by atoms with Crippen LogP contribution in [0.5, 0.6) is 0 Å². The molecule has 1 aliphatic rings. The predicted octanol–water partition coefficient (Wildman–Crippen LogP) is 6.69. The summed E-state index contributed by atoms with van der Waals surface area (Å²) in [6.07, 6.45) is 14.5. The van der Waals surface area contributed by atoms with E-state index < -0.39 is 0 Å². The fourth-order valence-electron chi connectivity index (χ4n) is 3.23. The Hall–Kier alpha value is 0.350. The summed E-state index contributed by atoms with van der Waals surface area (Å²) >= 11 is 2.27. The van der Waals surface area contributed by atoms with E-state index in [4.69, 9.17) is 0 Å². The van der Waals surface area contributed by atoms with Crippen molar-refractivity contribution in [3.63, 3.8) is 0 Å². The molecule has 0 aromatic heterocycles. The normalized spacial score (nSPS) is 24.6. The molecule has 1 aliphatic carbocycles. The first-order chi connectivity index (χ1) is 9.04. The largest absolute Gasteiger partial charge is 0.159 e. The second kappa shape index (κ2) is 9.32. The van der Waals surface area contributed by atoms with Crippen LogP contribution in [0, 0.1) is 11.3 Å². The van der Waals surface area contributed by atoms with Crippen LogP contribution >= 0.6 is 11.8 Å². The molecule has 0 atom stereocenters. The fraction of sp³-hybridized carbons (Fsp3) is 1.00. The van der Waals surface area contributed by atoms with E-state index in [1.807, 2.05) is 0 Å². The third kappa shape index (κ3) is 7.63. The quantitative estimate of drug-likeness (QED) is 0.448. The maximum absolute atomic E-state index is 2.42. The highest BCUT2D eigenvalue weighted by atomic mass is 32.2. The number of unbranched alkanes of at least 4 members (excludes halogenated alkanes) is 5. The standard InChI is InChI=1S/C18H36S/c1-5-6-7-8-9-10-15-19-17-13-11-16(12-14-17)18(2,3)4/h16-17H,5-15H2,1-4H3. The van der Waals surface area contributed by atoms with E-state index in [0.717, 1.165) is 11.2 Å². The topological polar surface area (TPSA) is 0 Å². The van der Waals surface area contributed by atoms with Crippen LogP contribution in [-0.2, 0) is 0 Å². The van der Waals surface area contributed by atoms with Crippen LogP contribution in [-0.4, -0.2) is 11.0 Å². The monoisotopic (exact) mass is 284 g/mol. The molecule has 0 aliphatic heterocycles. The lowest BCUT2D eigenvalue weighted by Crippen LogP contribution is -2.26. The minimum absolute atomic E-state index is 0.537. The van der Waals surface area contributed by atoms with Gasteiger partial charge in [-0.25, -0.2) is 0 Å². The van der Waals surface area contributed by atoms with Crippen molar-refractivity contribution in [3.8, 4) is 0 Å². The van der Waals surface area contributed by atoms with Gasteiger partial charge in [-0.1, -0.05) is 59.8 Å². The van der Waals surface area contributed by atoms with Gasteiger partial charge in [0.2, 0.25) is 0 Å². The molecule has 0 spiro atoms. The van der Waals surface area contributed by atoms with E-state index in [1.54, 1.807) is 0 Å². The lowest BCUT2D eigenvalue weighted by atomic mass is 9.72. The summed E-state index contributed by atoms with van der Waals surface area (Å²) in [5, 5.41) is 0.981. The first-order valence-corrected chi connectivity index (χ1v) is 9.70. The Labute approximate surface area is 126 Å². The summed E-state index contributed by atoms with van der Waals surface area (Å²) in [4.78, 5) is 0. The number of thioether (sulfide) groups is 1. The molecule has 0 heterocycles.